The van der Waals surface area contributed by atoms with Gasteiger partial charge in [0.1, 0.15) is 25.0 Å². The molecule has 134 valence electrons. The van der Waals surface area contributed by atoms with Gasteiger partial charge in [0, 0.05) is 0 Å². The summed E-state index contributed by atoms with van der Waals surface area (Å²) in [5, 5.41) is 18.7. The summed E-state index contributed by atoms with van der Waals surface area (Å²) in [4.78, 5) is 11.9. The number of esters is 1. The molecule has 2 aromatic carbocycles. The number of hydrogen-bond acceptors (Lipinski definition) is 6. The maximum atomic E-state index is 11.9. The molecule has 4 N–H and O–H groups in total. The highest BCUT2D eigenvalue weighted by Crippen LogP contribution is 2.25. The molecule has 6 heteroatoms. The Morgan fingerprint density at radius 3 is 2.48 bits per heavy atom. The van der Waals surface area contributed by atoms with Crippen LogP contribution in [0, 0.1) is 13.8 Å². The van der Waals surface area contributed by atoms with E-state index in [0.717, 1.165) is 11.3 Å². The maximum Gasteiger partial charge on any atom is 0.323 e. The lowest BCUT2D eigenvalue weighted by molar-refractivity contribution is -0.145. The first-order valence-electron chi connectivity index (χ1n) is 8.00. The number of phenols is 2. The third-order valence-corrected chi connectivity index (χ3v) is 3.87. The quantitative estimate of drug-likeness (QED) is 0.404. The Labute approximate surface area is 146 Å². The molecule has 0 heterocycles. The van der Waals surface area contributed by atoms with Crippen molar-refractivity contribution in [2.45, 2.75) is 26.3 Å². The van der Waals surface area contributed by atoms with E-state index in [0.29, 0.717) is 5.56 Å². The smallest absolute Gasteiger partial charge is 0.323 e. The molecular formula is C19H23NO5. The molecule has 0 amide bonds. The number of carbonyl (C=O) groups is 1. The fourth-order valence-corrected chi connectivity index (χ4v) is 2.25. The van der Waals surface area contributed by atoms with Gasteiger partial charge in [-0.05, 0) is 61.2 Å². The molecule has 0 aromatic heterocycles. The molecule has 0 unspecified atom stereocenters. The van der Waals surface area contributed by atoms with E-state index in [4.69, 9.17) is 15.2 Å². The molecule has 2 aromatic rings. The minimum Gasteiger partial charge on any atom is -0.504 e. The molecule has 1 atom stereocenters. The summed E-state index contributed by atoms with van der Waals surface area (Å²) in [7, 11) is 0. The molecule has 0 fully saturated rings. The number of ether oxygens (including phenoxy) is 2. The van der Waals surface area contributed by atoms with Crippen molar-refractivity contribution in [3.8, 4) is 17.2 Å². The van der Waals surface area contributed by atoms with E-state index in [2.05, 4.69) is 0 Å². The lowest BCUT2D eigenvalue weighted by Gasteiger charge is -2.13. The molecule has 0 bridgehead atoms. The van der Waals surface area contributed by atoms with Crippen LogP contribution in [-0.2, 0) is 16.0 Å². The Bertz CT molecular complexity index is 745. The summed E-state index contributed by atoms with van der Waals surface area (Å²) >= 11 is 0. The van der Waals surface area contributed by atoms with E-state index >= 15 is 0 Å². The largest absolute Gasteiger partial charge is 0.504 e. The SMILES string of the molecule is Cc1ccc(OCCOC(=O)[C@@H](N)Cc2ccc(O)c(O)c2)cc1C. The molecule has 6 nitrogen and oxygen atoms in total. The van der Waals surface area contributed by atoms with Crippen molar-refractivity contribution < 1.29 is 24.5 Å². The van der Waals surface area contributed by atoms with Gasteiger partial charge in [-0.3, -0.25) is 4.79 Å². The molecule has 0 saturated heterocycles. The van der Waals surface area contributed by atoms with Gasteiger partial charge in [0.2, 0.25) is 0 Å². The molecule has 0 saturated carbocycles. The first-order valence-corrected chi connectivity index (χ1v) is 8.00. The standard InChI is InChI=1S/C19H23NO5/c1-12-3-5-15(9-13(12)2)24-7-8-25-19(23)16(20)10-14-4-6-17(21)18(22)11-14/h3-6,9,11,16,21-22H,7-8,10,20H2,1-2H3/t16-/m0/s1. The van der Waals surface area contributed by atoms with Crippen molar-refractivity contribution >= 4 is 5.97 Å². The number of hydrogen-bond donors (Lipinski definition) is 3. The van der Waals surface area contributed by atoms with E-state index in [1.807, 2.05) is 32.0 Å². The molecule has 0 spiro atoms. The van der Waals surface area contributed by atoms with Crippen LogP contribution in [0.2, 0.25) is 0 Å². The number of carbonyl (C=O) groups excluding carboxylic acids is 1. The van der Waals surface area contributed by atoms with Gasteiger partial charge in [-0.25, -0.2) is 0 Å². The van der Waals surface area contributed by atoms with Crippen LogP contribution < -0.4 is 10.5 Å². The zero-order chi connectivity index (χ0) is 18.4. The minimum atomic E-state index is -0.856. The fourth-order valence-electron chi connectivity index (χ4n) is 2.25. The number of aromatic hydroxyl groups is 2. The fraction of sp³-hybridized carbons (Fsp3) is 0.316. The Morgan fingerprint density at radius 2 is 1.80 bits per heavy atom. The Morgan fingerprint density at radius 1 is 1.04 bits per heavy atom. The third kappa shape index (κ3) is 5.39. The predicted molar refractivity (Wildman–Crippen MR) is 93.8 cm³/mol. The summed E-state index contributed by atoms with van der Waals surface area (Å²) in [6.07, 6.45) is 0.199. The number of aryl methyl sites for hydroxylation is 2. The van der Waals surface area contributed by atoms with E-state index in [1.165, 1.54) is 17.7 Å². The number of nitrogens with two attached hydrogens (primary N) is 1. The average molecular weight is 345 g/mol. The van der Waals surface area contributed by atoms with E-state index in [1.54, 1.807) is 6.07 Å². The van der Waals surface area contributed by atoms with Crippen LogP contribution >= 0.6 is 0 Å². The zero-order valence-corrected chi connectivity index (χ0v) is 14.4. The lowest BCUT2D eigenvalue weighted by Crippen LogP contribution is -2.35. The predicted octanol–water partition coefficient (Wildman–Crippen LogP) is 2.21. The normalized spacial score (nSPS) is 11.8. The van der Waals surface area contributed by atoms with Crippen molar-refractivity contribution in [3.05, 3.63) is 53.1 Å². The van der Waals surface area contributed by atoms with Crippen molar-refractivity contribution in [2.24, 2.45) is 5.73 Å². The van der Waals surface area contributed by atoms with Gasteiger partial charge in [0.25, 0.3) is 0 Å². The molecule has 0 radical (unpaired) electrons. The maximum absolute atomic E-state index is 11.9. The highest BCUT2D eigenvalue weighted by atomic mass is 16.6. The number of phenolic OH excluding ortho intramolecular Hbond substituents is 2. The van der Waals surface area contributed by atoms with Gasteiger partial charge in [-0.1, -0.05) is 12.1 Å². The summed E-state index contributed by atoms with van der Waals surface area (Å²) in [6.45, 7) is 4.36. The van der Waals surface area contributed by atoms with Crippen molar-refractivity contribution in [1.29, 1.82) is 0 Å². The summed E-state index contributed by atoms with van der Waals surface area (Å²) in [5.74, 6) is -0.289. The van der Waals surface area contributed by atoms with E-state index < -0.39 is 12.0 Å². The Kier molecular flexibility index (Phi) is 6.25. The van der Waals surface area contributed by atoms with Gasteiger partial charge < -0.3 is 25.4 Å². The van der Waals surface area contributed by atoms with Crippen LogP contribution in [-0.4, -0.2) is 35.4 Å². The van der Waals surface area contributed by atoms with Crippen molar-refractivity contribution in [3.63, 3.8) is 0 Å². The molecule has 0 aliphatic rings. The summed E-state index contributed by atoms with van der Waals surface area (Å²) in [5.41, 5.74) is 8.76. The molecular weight excluding hydrogens is 322 g/mol. The van der Waals surface area contributed by atoms with Gasteiger partial charge in [-0.2, -0.15) is 0 Å². The average Bonchev–Trinajstić information content (AvgIpc) is 2.58. The second-order valence-corrected chi connectivity index (χ2v) is 5.90. The van der Waals surface area contributed by atoms with E-state index in [9.17, 15) is 15.0 Å². The Hall–Kier alpha value is -2.73. The number of benzene rings is 2. The van der Waals surface area contributed by atoms with Crippen LogP contribution in [0.4, 0.5) is 0 Å². The van der Waals surface area contributed by atoms with Crippen LogP contribution in [0.15, 0.2) is 36.4 Å². The second-order valence-electron chi connectivity index (χ2n) is 5.90. The zero-order valence-electron chi connectivity index (χ0n) is 14.4. The minimum absolute atomic E-state index is 0.0975. The number of rotatable bonds is 7. The van der Waals surface area contributed by atoms with E-state index in [-0.39, 0.29) is 31.1 Å². The van der Waals surface area contributed by atoms with Crippen molar-refractivity contribution in [1.82, 2.24) is 0 Å². The molecule has 0 aliphatic heterocycles. The van der Waals surface area contributed by atoms with Gasteiger partial charge in [0.15, 0.2) is 11.5 Å². The van der Waals surface area contributed by atoms with Crippen LogP contribution in [0.5, 0.6) is 17.2 Å². The first-order chi connectivity index (χ1) is 11.9. The highest BCUT2D eigenvalue weighted by Gasteiger charge is 2.16. The monoisotopic (exact) mass is 345 g/mol. The first kappa shape index (κ1) is 18.6. The second kappa shape index (κ2) is 8.39. The highest BCUT2D eigenvalue weighted by molar-refractivity contribution is 5.76. The lowest BCUT2D eigenvalue weighted by atomic mass is 10.1. The topological polar surface area (TPSA) is 102 Å². The van der Waals surface area contributed by atoms with Crippen LogP contribution in [0.3, 0.4) is 0 Å². The summed E-state index contributed by atoms with van der Waals surface area (Å²) in [6, 6.07) is 9.22. The summed E-state index contributed by atoms with van der Waals surface area (Å²) < 4.78 is 10.6. The van der Waals surface area contributed by atoms with Gasteiger partial charge >= 0.3 is 5.97 Å². The van der Waals surface area contributed by atoms with Crippen LogP contribution in [0.25, 0.3) is 0 Å². The van der Waals surface area contributed by atoms with Gasteiger partial charge in [-0.15, -0.1) is 0 Å². The van der Waals surface area contributed by atoms with Crippen molar-refractivity contribution in [2.75, 3.05) is 13.2 Å². The Balaban J connectivity index is 1.75. The molecule has 2 rings (SSSR count). The van der Waals surface area contributed by atoms with Crippen LogP contribution in [0.1, 0.15) is 16.7 Å². The molecule has 25 heavy (non-hydrogen) atoms. The molecule has 0 aliphatic carbocycles. The third-order valence-electron chi connectivity index (χ3n) is 3.87. The van der Waals surface area contributed by atoms with Gasteiger partial charge in [0.05, 0.1) is 0 Å².